The first-order valence-electron chi connectivity index (χ1n) is 8.80. The smallest absolute Gasteiger partial charge is 0.271 e. The fraction of sp³-hybridized carbons (Fsp3) is 0.389. The van der Waals surface area contributed by atoms with Crippen LogP contribution in [-0.4, -0.2) is 58.6 Å². The topological polar surface area (TPSA) is 87.7 Å². The number of para-hydroxylation sites is 1. The average Bonchev–Trinajstić information content (AvgIpc) is 3.22. The van der Waals surface area contributed by atoms with Crippen LogP contribution >= 0.6 is 11.3 Å². The number of nitrogens with zero attached hydrogens (tertiary/aromatic N) is 1. The van der Waals surface area contributed by atoms with Crippen LogP contribution in [-0.2, 0) is 14.8 Å². The fourth-order valence-corrected chi connectivity index (χ4v) is 4.88. The molecule has 2 N–H and O–H groups in total. The van der Waals surface area contributed by atoms with Crippen molar-refractivity contribution in [3.8, 4) is 0 Å². The number of anilines is 1. The van der Waals surface area contributed by atoms with Crippen molar-refractivity contribution < 1.29 is 17.9 Å². The largest absolute Gasteiger partial charge is 0.379 e. The lowest BCUT2D eigenvalue weighted by molar-refractivity contribution is 0.0374. The first kappa shape index (κ1) is 19.8. The summed E-state index contributed by atoms with van der Waals surface area (Å²) in [5.74, 6) is -0.290. The Hall–Kier alpha value is -1.94. The molecule has 0 spiro atoms. The molecule has 0 atom stereocenters. The van der Waals surface area contributed by atoms with E-state index in [1.807, 2.05) is 0 Å². The van der Waals surface area contributed by atoms with Crippen LogP contribution in [0.2, 0.25) is 0 Å². The fourth-order valence-electron chi connectivity index (χ4n) is 2.81. The Morgan fingerprint density at radius 3 is 2.67 bits per heavy atom. The average molecular weight is 410 g/mol. The van der Waals surface area contributed by atoms with E-state index in [-0.39, 0.29) is 15.8 Å². The number of sulfonamides is 1. The maximum absolute atomic E-state index is 12.5. The van der Waals surface area contributed by atoms with Gasteiger partial charge in [0.2, 0.25) is 0 Å². The molecule has 1 fully saturated rings. The molecule has 0 radical (unpaired) electrons. The molecule has 1 saturated heterocycles. The first-order valence-corrected chi connectivity index (χ1v) is 11.2. The molecule has 2 aromatic rings. The number of benzene rings is 1. The SMILES string of the molecule is O=C(NCCCN1CCOCC1)c1ccccc1NS(=O)(=O)c1cccs1. The van der Waals surface area contributed by atoms with E-state index >= 15 is 0 Å². The van der Waals surface area contributed by atoms with Gasteiger partial charge in [-0.05, 0) is 36.5 Å². The van der Waals surface area contributed by atoms with E-state index in [9.17, 15) is 13.2 Å². The van der Waals surface area contributed by atoms with Crippen molar-refractivity contribution in [3.05, 3.63) is 47.3 Å². The van der Waals surface area contributed by atoms with Crippen molar-refractivity contribution >= 4 is 33.0 Å². The van der Waals surface area contributed by atoms with E-state index in [0.29, 0.717) is 12.1 Å². The van der Waals surface area contributed by atoms with Crippen molar-refractivity contribution in [3.63, 3.8) is 0 Å². The molecule has 2 heterocycles. The van der Waals surface area contributed by atoms with E-state index < -0.39 is 10.0 Å². The number of hydrogen-bond donors (Lipinski definition) is 2. The first-order chi connectivity index (χ1) is 13.1. The van der Waals surface area contributed by atoms with E-state index in [1.54, 1.807) is 35.7 Å². The summed E-state index contributed by atoms with van der Waals surface area (Å²) in [5.41, 5.74) is 0.584. The molecule has 1 aliphatic rings. The summed E-state index contributed by atoms with van der Waals surface area (Å²) < 4.78 is 32.9. The van der Waals surface area contributed by atoms with Crippen molar-refractivity contribution in [1.29, 1.82) is 0 Å². The van der Waals surface area contributed by atoms with Gasteiger partial charge in [-0.3, -0.25) is 14.4 Å². The molecule has 1 aliphatic heterocycles. The van der Waals surface area contributed by atoms with Gasteiger partial charge in [-0.25, -0.2) is 8.42 Å². The van der Waals surface area contributed by atoms with Gasteiger partial charge >= 0.3 is 0 Å². The van der Waals surface area contributed by atoms with E-state index in [2.05, 4.69) is 14.9 Å². The van der Waals surface area contributed by atoms with E-state index in [0.717, 1.165) is 50.6 Å². The third-order valence-electron chi connectivity index (χ3n) is 4.22. The van der Waals surface area contributed by atoms with Crippen LogP contribution < -0.4 is 10.0 Å². The van der Waals surface area contributed by atoms with Gasteiger partial charge in [0.25, 0.3) is 15.9 Å². The van der Waals surface area contributed by atoms with Crippen molar-refractivity contribution in [1.82, 2.24) is 10.2 Å². The Morgan fingerprint density at radius 1 is 1.15 bits per heavy atom. The molecule has 1 aromatic heterocycles. The number of carbonyl (C=O) groups is 1. The minimum Gasteiger partial charge on any atom is -0.379 e. The minimum atomic E-state index is -3.70. The number of thiophene rings is 1. The summed E-state index contributed by atoms with van der Waals surface area (Å²) in [4.78, 5) is 14.8. The summed E-state index contributed by atoms with van der Waals surface area (Å²) >= 11 is 1.13. The quantitative estimate of drug-likeness (QED) is 0.651. The van der Waals surface area contributed by atoms with Gasteiger partial charge in [-0.1, -0.05) is 18.2 Å². The summed E-state index contributed by atoms with van der Waals surface area (Å²) in [6.45, 7) is 4.77. The van der Waals surface area contributed by atoms with Gasteiger partial charge in [-0.2, -0.15) is 0 Å². The Kier molecular flexibility index (Phi) is 6.84. The number of hydrogen-bond acceptors (Lipinski definition) is 6. The second-order valence-electron chi connectivity index (χ2n) is 6.15. The lowest BCUT2D eigenvalue weighted by Gasteiger charge is -2.26. The number of rotatable bonds is 8. The summed E-state index contributed by atoms with van der Waals surface area (Å²) in [7, 11) is -3.70. The zero-order chi connectivity index (χ0) is 19.1. The zero-order valence-corrected chi connectivity index (χ0v) is 16.5. The molecule has 3 rings (SSSR count). The van der Waals surface area contributed by atoms with E-state index in [1.165, 1.54) is 6.07 Å². The van der Waals surface area contributed by atoms with Gasteiger partial charge in [0, 0.05) is 19.6 Å². The third-order valence-corrected chi connectivity index (χ3v) is 6.98. The lowest BCUT2D eigenvalue weighted by Crippen LogP contribution is -2.38. The highest BCUT2D eigenvalue weighted by Gasteiger charge is 2.19. The number of nitrogens with one attached hydrogen (secondary N) is 2. The second kappa shape index (κ2) is 9.32. The molecule has 0 bridgehead atoms. The highest BCUT2D eigenvalue weighted by molar-refractivity contribution is 7.94. The van der Waals surface area contributed by atoms with Crippen LogP contribution in [0.5, 0.6) is 0 Å². The van der Waals surface area contributed by atoms with Crippen molar-refractivity contribution in [2.75, 3.05) is 44.1 Å². The highest BCUT2D eigenvalue weighted by Crippen LogP contribution is 2.22. The number of ether oxygens (including phenoxy) is 1. The van der Waals surface area contributed by atoms with Gasteiger partial charge in [0.1, 0.15) is 4.21 Å². The standard InChI is InChI=1S/C18H23N3O4S2/c22-18(19-8-4-9-21-10-12-25-13-11-21)15-5-1-2-6-16(15)20-27(23,24)17-7-3-14-26-17/h1-3,5-7,14,20H,4,8-13H2,(H,19,22). The zero-order valence-electron chi connectivity index (χ0n) is 14.9. The maximum atomic E-state index is 12.5. The van der Waals surface area contributed by atoms with Crippen LogP contribution in [0, 0.1) is 0 Å². The van der Waals surface area contributed by atoms with Crippen molar-refractivity contribution in [2.45, 2.75) is 10.6 Å². The Morgan fingerprint density at radius 2 is 1.93 bits per heavy atom. The summed E-state index contributed by atoms with van der Waals surface area (Å²) in [5, 5.41) is 4.57. The highest BCUT2D eigenvalue weighted by atomic mass is 32.2. The molecule has 7 nitrogen and oxygen atoms in total. The molecule has 27 heavy (non-hydrogen) atoms. The molecule has 1 aromatic carbocycles. The second-order valence-corrected chi connectivity index (χ2v) is 9.00. The summed E-state index contributed by atoms with van der Waals surface area (Å²) in [6, 6.07) is 9.82. The molecule has 0 unspecified atom stereocenters. The predicted octanol–water partition coefficient (Wildman–Crippen LogP) is 2.00. The molecule has 9 heteroatoms. The van der Waals surface area contributed by atoms with Gasteiger partial charge < -0.3 is 10.1 Å². The molecule has 146 valence electrons. The molecular formula is C18H23N3O4S2. The number of carbonyl (C=O) groups excluding carboxylic acids is 1. The number of amides is 1. The van der Waals surface area contributed by atoms with Crippen LogP contribution in [0.15, 0.2) is 46.0 Å². The van der Waals surface area contributed by atoms with Gasteiger partial charge in [-0.15, -0.1) is 11.3 Å². The molecule has 1 amide bonds. The van der Waals surface area contributed by atoms with Gasteiger partial charge in [0.05, 0.1) is 24.5 Å². The van der Waals surface area contributed by atoms with E-state index in [4.69, 9.17) is 4.74 Å². The van der Waals surface area contributed by atoms with Crippen LogP contribution in [0.4, 0.5) is 5.69 Å². The Balaban J connectivity index is 1.57. The Labute approximate surface area is 163 Å². The van der Waals surface area contributed by atoms with Crippen LogP contribution in [0.1, 0.15) is 16.8 Å². The molecular weight excluding hydrogens is 386 g/mol. The van der Waals surface area contributed by atoms with Crippen molar-refractivity contribution in [2.24, 2.45) is 0 Å². The van der Waals surface area contributed by atoms with Crippen LogP contribution in [0.3, 0.4) is 0 Å². The van der Waals surface area contributed by atoms with Gasteiger partial charge in [0.15, 0.2) is 0 Å². The summed E-state index contributed by atoms with van der Waals surface area (Å²) in [6.07, 6.45) is 0.828. The third kappa shape index (κ3) is 5.52. The molecule has 0 aliphatic carbocycles. The Bertz CT molecular complexity index is 847. The van der Waals surface area contributed by atoms with Crippen LogP contribution in [0.25, 0.3) is 0 Å². The normalized spacial score (nSPS) is 15.4. The molecule has 0 saturated carbocycles. The monoisotopic (exact) mass is 409 g/mol. The lowest BCUT2D eigenvalue weighted by atomic mass is 10.1. The maximum Gasteiger partial charge on any atom is 0.271 e. The number of morpholine rings is 1. The minimum absolute atomic E-state index is 0.211. The predicted molar refractivity (Wildman–Crippen MR) is 106 cm³/mol.